The molecule has 0 amide bonds. The SMILES string of the molecule is CC(C)C1=Cc2c(-c3cc(C(F)(F)F)cc(C(F)(F)F)c3)cccc2C1[Si]. The fourth-order valence-corrected chi connectivity index (χ4v) is 3.96. The second-order valence-electron chi connectivity index (χ2n) is 6.84. The monoisotopic (exact) mass is 397 g/mol. The smallest absolute Gasteiger partial charge is 0.166 e. The van der Waals surface area contributed by atoms with Gasteiger partial charge in [-0.3, -0.25) is 0 Å². The number of hydrogen-bond acceptors (Lipinski definition) is 0. The largest absolute Gasteiger partial charge is 0.416 e. The van der Waals surface area contributed by atoms with Crippen molar-refractivity contribution in [2.75, 3.05) is 0 Å². The van der Waals surface area contributed by atoms with Crippen molar-refractivity contribution in [1.82, 2.24) is 0 Å². The van der Waals surface area contributed by atoms with Crippen LogP contribution in [0.5, 0.6) is 0 Å². The van der Waals surface area contributed by atoms with Gasteiger partial charge in [0.25, 0.3) is 0 Å². The summed E-state index contributed by atoms with van der Waals surface area (Å²) in [5.41, 5.74) is 0.00593. The Kier molecular flexibility index (Phi) is 4.78. The molecule has 3 radical (unpaired) electrons. The molecule has 3 rings (SSSR count). The summed E-state index contributed by atoms with van der Waals surface area (Å²) in [5.74, 6) is 0.181. The third-order valence-corrected chi connectivity index (χ3v) is 5.30. The van der Waals surface area contributed by atoms with Crippen molar-refractivity contribution in [3.63, 3.8) is 0 Å². The molecule has 1 unspecified atom stereocenters. The summed E-state index contributed by atoms with van der Waals surface area (Å²) in [7, 11) is 3.63. The van der Waals surface area contributed by atoms with Gasteiger partial charge in [0.1, 0.15) is 0 Å². The van der Waals surface area contributed by atoms with E-state index in [-0.39, 0.29) is 23.1 Å². The molecule has 1 atom stereocenters. The molecule has 0 fully saturated rings. The van der Waals surface area contributed by atoms with Crippen LogP contribution in [0.4, 0.5) is 26.3 Å². The summed E-state index contributed by atoms with van der Waals surface area (Å²) >= 11 is 0. The van der Waals surface area contributed by atoms with Crippen LogP contribution < -0.4 is 0 Å². The lowest BCUT2D eigenvalue weighted by atomic mass is 9.94. The Labute approximate surface area is 156 Å². The Balaban J connectivity index is 2.25. The van der Waals surface area contributed by atoms with Crippen molar-refractivity contribution >= 4 is 16.3 Å². The molecule has 0 bridgehead atoms. The molecule has 0 heterocycles. The predicted octanol–water partition coefficient (Wildman–Crippen LogP) is 6.65. The molecule has 0 nitrogen and oxygen atoms in total. The minimum atomic E-state index is -4.87. The first-order valence-electron chi connectivity index (χ1n) is 8.25. The van der Waals surface area contributed by atoms with Crippen LogP contribution in [-0.2, 0) is 12.4 Å². The quantitative estimate of drug-likeness (QED) is 0.393. The molecule has 27 heavy (non-hydrogen) atoms. The Morgan fingerprint density at radius 3 is 1.93 bits per heavy atom. The summed E-state index contributed by atoms with van der Waals surface area (Å²) in [4.78, 5) is 0. The number of benzene rings is 2. The maximum absolute atomic E-state index is 13.2. The average molecular weight is 397 g/mol. The molecular formula is C20H15F6Si. The van der Waals surface area contributed by atoms with Gasteiger partial charge in [-0.15, -0.1) is 0 Å². The second kappa shape index (κ2) is 6.55. The molecule has 0 spiro atoms. The highest BCUT2D eigenvalue weighted by molar-refractivity contribution is 6.16. The van der Waals surface area contributed by atoms with Gasteiger partial charge in [0, 0.05) is 10.2 Å². The van der Waals surface area contributed by atoms with Crippen LogP contribution in [0.1, 0.15) is 41.6 Å². The molecule has 2 aromatic rings. The molecule has 1 aliphatic carbocycles. The van der Waals surface area contributed by atoms with Gasteiger partial charge in [-0.25, -0.2) is 0 Å². The van der Waals surface area contributed by atoms with E-state index < -0.39 is 23.5 Å². The second-order valence-corrected chi connectivity index (χ2v) is 7.41. The van der Waals surface area contributed by atoms with Crippen molar-refractivity contribution in [2.45, 2.75) is 31.7 Å². The molecule has 7 heteroatoms. The lowest BCUT2D eigenvalue weighted by molar-refractivity contribution is -0.143. The first-order chi connectivity index (χ1) is 12.4. The third kappa shape index (κ3) is 3.70. The van der Waals surface area contributed by atoms with Gasteiger partial charge in [0.2, 0.25) is 0 Å². The highest BCUT2D eigenvalue weighted by Crippen LogP contribution is 2.44. The van der Waals surface area contributed by atoms with E-state index in [4.69, 9.17) is 0 Å². The van der Waals surface area contributed by atoms with Crippen LogP contribution in [0.3, 0.4) is 0 Å². The first-order valence-corrected chi connectivity index (χ1v) is 8.82. The fraction of sp³-hybridized carbons (Fsp3) is 0.300. The topological polar surface area (TPSA) is 0 Å². The zero-order chi connectivity index (χ0) is 20.1. The maximum Gasteiger partial charge on any atom is 0.416 e. The van der Waals surface area contributed by atoms with E-state index in [0.717, 1.165) is 23.3 Å². The predicted molar refractivity (Wildman–Crippen MR) is 93.2 cm³/mol. The molecule has 2 aromatic carbocycles. The van der Waals surface area contributed by atoms with Gasteiger partial charge in [-0.2, -0.15) is 26.3 Å². The lowest BCUT2D eigenvalue weighted by Gasteiger charge is -2.16. The fourth-order valence-electron chi connectivity index (χ4n) is 3.29. The van der Waals surface area contributed by atoms with Gasteiger partial charge in [0.05, 0.1) is 11.1 Å². The van der Waals surface area contributed by atoms with E-state index in [9.17, 15) is 26.3 Å². The molecule has 1 aliphatic rings. The van der Waals surface area contributed by atoms with Crippen molar-refractivity contribution < 1.29 is 26.3 Å². The van der Waals surface area contributed by atoms with Crippen molar-refractivity contribution in [3.05, 3.63) is 64.2 Å². The number of halogens is 6. The summed E-state index contributed by atoms with van der Waals surface area (Å²) in [5, 5.41) is 0. The van der Waals surface area contributed by atoms with E-state index in [2.05, 4.69) is 10.2 Å². The number of allylic oxidation sites excluding steroid dienone is 1. The number of alkyl halides is 6. The Hall–Kier alpha value is -2.02. The Morgan fingerprint density at radius 2 is 1.44 bits per heavy atom. The summed E-state index contributed by atoms with van der Waals surface area (Å²) in [6.45, 7) is 3.97. The Bertz CT molecular complexity index is 873. The summed E-state index contributed by atoms with van der Waals surface area (Å²) in [6, 6.07) is 6.71. The van der Waals surface area contributed by atoms with Crippen LogP contribution >= 0.6 is 0 Å². The van der Waals surface area contributed by atoms with Crippen molar-refractivity contribution in [1.29, 1.82) is 0 Å². The van der Waals surface area contributed by atoms with Gasteiger partial charge in [0.15, 0.2) is 0 Å². The standard InChI is InChI=1S/C20H15F6Si/c1-10(2)16-9-17-14(4-3-5-15(17)18(16)27)11-6-12(19(21,22)23)8-13(7-11)20(24,25)26/h3-10,18H,1-2H3. The number of hydrogen-bond donors (Lipinski definition) is 0. The molecule has 0 saturated carbocycles. The van der Waals surface area contributed by atoms with Gasteiger partial charge < -0.3 is 0 Å². The molecule has 0 saturated heterocycles. The molecule has 141 valence electrons. The molecule has 0 aromatic heterocycles. The maximum atomic E-state index is 13.2. The van der Waals surface area contributed by atoms with Crippen molar-refractivity contribution in [2.24, 2.45) is 5.92 Å². The highest BCUT2D eigenvalue weighted by atomic mass is 28.1. The van der Waals surface area contributed by atoms with Crippen LogP contribution in [0.2, 0.25) is 0 Å². The lowest BCUT2D eigenvalue weighted by Crippen LogP contribution is -2.11. The zero-order valence-corrected chi connectivity index (χ0v) is 15.5. The van der Waals surface area contributed by atoms with Crippen LogP contribution in [0, 0.1) is 5.92 Å². The van der Waals surface area contributed by atoms with E-state index in [1.807, 2.05) is 26.0 Å². The minimum Gasteiger partial charge on any atom is -0.166 e. The minimum absolute atomic E-state index is 0.103. The zero-order valence-electron chi connectivity index (χ0n) is 14.5. The van der Waals surface area contributed by atoms with E-state index in [1.165, 1.54) is 0 Å². The van der Waals surface area contributed by atoms with E-state index in [1.54, 1.807) is 12.1 Å². The number of rotatable bonds is 2. The first kappa shape index (κ1) is 19.7. The van der Waals surface area contributed by atoms with Crippen molar-refractivity contribution in [3.8, 4) is 11.1 Å². The number of fused-ring (bicyclic) bond motifs is 1. The van der Waals surface area contributed by atoms with E-state index in [0.29, 0.717) is 11.1 Å². The van der Waals surface area contributed by atoms with Crippen LogP contribution in [0.25, 0.3) is 17.2 Å². The summed E-state index contributed by atoms with van der Waals surface area (Å²) in [6.07, 6.45) is -7.89. The van der Waals surface area contributed by atoms with E-state index >= 15 is 0 Å². The van der Waals surface area contributed by atoms with Gasteiger partial charge >= 0.3 is 12.4 Å². The molecule has 0 aliphatic heterocycles. The molecular weight excluding hydrogens is 382 g/mol. The van der Waals surface area contributed by atoms with Crippen LogP contribution in [0.15, 0.2) is 42.0 Å². The summed E-state index contributed by atoms with van der Waals surface area (Å²) < 4.78 is 79.0. The van der Waals surface area contributed by atoms with Gasteiger partial charge in [-0.05, 0) is 51.9 Å². The van der Waals surface area contributed by atoms with Crippen LogP contribution in [-0.4, -0.2) is 10.2 Å². The average Bonchev–Trinajstić information content (AvgIpc) is 2.90. The Morgan fingerprint density at radius 1 is 0.889 bits per heavy atom. The van der Waals surface area contributed by atoms with Gasteiger partial charge in [-0.1, -0.05) is 43.7 Å². The third-order valence-electron chi connectivity index (χ3n) is 4.66. The normalized spacial score (nSPS) is 17.3. The highest BCUT2D eigenvalue weighted by Gasteiger charge is 2.37. The molecule has 0 N–H and O–H groups in total.